The van der Waals surface area contributed by atoms with Crippen molar-refractivity contribution in [1.82, 2.24) is 5.32 Å². The largest absolute Gasteiger partial charge is 0.369 e. The van der Waals surface area contributed by atoms with Crippen LogP contribution in [0.1, 0.15) is 52.9 Å². The van der Waals surface area contributed by atoms with E-state index in [4.69, 9.17) is 0 Å². The summed E-state index contributed by atoms with van der Waals surface area (Å²) in [5, 5.41) is 13.0. The van der Waals surface area contributed by atoms with Crippen molar-refractivity contribution in [2.75, 3.05) is 6.54 Å². The van der Waals surface area contributed by atoms with Crippen LogP contribution in [-0.2, 0) is 4.79 Å². The number of rotatable bonds is 5. The maximum atomic E-state index is 11.7. The third kappa shape index (κ3) is 3.87. The Kier molecular flexibility index (Phi) is 4.93. The molecule has 3 nitrogen and oxygen atoms in total. The highest BCUT2D eigenvalue weighted by Crippen LogP contribution is 2.23. The van der Waals surface area contributed by atoms with Gasteiger partial charge in [-0.05, 0) is 25.7 Å². The lowest BCUT2D eigenvalue weighted by atomic mass is 9.88. The molecule has 0 saturated heterocycles. The van der Waals surface area contributed by atoms with E-state index in [1.807, 2.05) is 13.8 Å². The fourth-order valence-corrected chi connectivity index (χ4v) is 2.38. The molecule has 0 bridgehead atoms. The lowest BCUT2D eigenvalue weighted by Gasteiger charge is -2.29. The van der Waals surface area contributed by atoms with E-state index in [9.17, 15) is 9.90 Å². The lowest BCUT2D eigenvalue weighted by Crippen LogP contribution is -2.52. The van der Waals surface area contributed by atoms with Gasteiger partial charge in [0, 0.05) is 12.5 Å². The topological polar surface area (TPSA) is 49.3 Å². The molecule has 1 unspecified atom stereocenters. The van der Waals surface area contributed by atoms with Crippen LogP contribution in [-0.4, -0.2) is 23.2 Å². The molecule has 94 valence electrons. The molecule has 0 aromatic heterocycles. The van der Waals surface area contributed by atoms with Gasteiger partial charge in [-0.25, -0.2) is 0 Å². The summed E-state index contributed by atoms with van der Waals surface area (Å²) < 4.78 is 0. The summed E-state index contributed by atoms with van der Waals surface area (Å²) in [5.74, 6) is 0.373. The van der Waals surface area contributed by atoms with Crippen LogP contribution in [0.25, 0.3) is 0 Å². The minimum Gasteiger partial charge on any atom is -0.369 e. The Balaban J connectivity index is 2.37. The van der Waals surface area contributed by atoms with Gasteiger partial charge in [0.25, 0.3) is 0 Å². The standard InChI is InChI=1S/C13H25NO2/c1-10(2)12(15)13(3,16)14-9-11-7-5-4-6-8-11/h10-11,14,16H,4-9H2,1-3H3. The fourth-order valence-electron chi connectivity index (χ4n) is 2.38. The van der Waals surface area contributed by atoms with Crippen molar-refractivity contribution in [1.29, 1.82) is 0 Å². The normalized spacial score (nSPS) is 22.1. The maximum Gasteiger partial charge on any atom is 0.181 e. The second-order valence-electron chi connectivity index (χ2n) is 5.48. The summed E-state index contributed by atoms with van der Waals surface area (Å²) >= 11 is 0. The predicted molar refractivity (Wildman–Crippen MR) is 65.0 cm³/mol. The summed E-state index contributed by atoms with van der Waals surface area (Å²) in [6.45, 7) is 5.96. The van der Waals surface area contributed by atoms with Crippen LogP contribution in [0.5, 0.6) is 0 Å². The van der Waals surface area contributed by atoms with Crippen LogP contribution in [0.2, 0.25) is 0 Å². The molecule has 1 saturated carbocycles. The second-order valence-corrected chi connectivity index (χ2v) is 5.48. The zero-order valence-corrected chi connectivity index (χ0v) is 10.8. The number of carbonyl (C=O) groups is 1. The molecule has 0 radical (unpaired) electrons. The Bertz CT molecular complexity index is 230. The van der Waals surface area contributed by atoms with Crippen molar-refractivity contribution in [2.24, 2.45) is 11.8 Å². The molecule has 1 aliphatic carbocycles. The molecule has 1 aliphatic rings. The van der Waals surface area contributed by atoms with Crippen molar-refractivity contribution in [2.45, 2.75) is 58.6 Å². The van der Waals surface area contributed by atoms with E-state index in [1.54, 1.807) is 6.92 Å². The van der Waals surface area contributed by atoms with Gasteiger partial charge in [-0.1, -0.05) is 33.1 Å². The third-order valence-electron chi connectivity index (χ3n) is 3.46. The van der Waals surface area contributed by atoms with Gasteiger partial charge < -0.3 is 5.11 Å². The average molecular weight is 227 g/mol. The van der Waals surface area contributed by atoms with Crippen molar-refractivity contribution in [3.8, 4) is 0 Å². The molecule has 1 rings (SSSR count). The van der Waals surface area contributed by atoms with Crippen LogP contribution < -0.4 is 5.32 Å². The highest BCUT2D eigenvalue weighted by molar-refractivity contribution is 5.87. The number of ketones is 1. The molecule has 3 heteroatoms. The minimum absolute atomic E-state index is 0.122. The van der Waals surface area contributed by atoms with Gasteiger partial charge in [0.05, 0.1) is 0 Å². The third-order valence-corrected chi connectivity index (χ3v) is 3.46. The number of Topliss-reactive ketones (excluding diaryl/α,β-unsaturated/α-hetero) is 1. The van der Waals surface area contributed by atoms with E-state index < -0.39 is 5.72 Å². The van der Waals surface area contributed by atoms with Crippen molar-refractivity contribution >= 4 is 5.78 Å². The van der Waals surface area contributed by atoms with Crippen LogP contribution in [0, 0.1) is 11.8 Å². The number of hydrogen-bond acceptors (Lipinski definition) is 3. The summed E-state index contributed by atoms with van der Waals surface area (Å²) in [7, 11) is 0. The second kappa shape index (κ2) is 5.78. The first-order chi connectivity index (χ1) is 7.43. The summed E-state index contributed by atoms with van der Waals surface area (Å²) in [6, 6.07) is 0. The Morgan fingerprint density at radius 2 is 1.94 bits per heavy atom. The van der Waals surface area contributed by atoms with Crippen molar-refractivity contribution in [3.63, 3.8) is 0 Å². The molecule has 1 atom stereocenters. The monoisotopic (exact) mass is 227 g/mol. The summed E-state index contributed by atoms with van der Waals surface area (Å²) in [4.78, 5) is 11.7. The minimum atomic E-state index is -1.36. The Morgan fingerprint density at radius 3 is 2.44 bits per heavy atom. The molecule has 0 spiro atoms. The molecule has 1 fully saturated rings. The first-order valence-corrected chi connectivity index (χ1v) is 6.45. The highest BCUT2D eigenvalue weighted by atomic mass is 16.3. The van der Waals surface area contributed by atoms with Gasteiger partial charge in [-0.15, -0.1) is 0 Å². The van der Waals surface area contributed by atoms with E-state index >= 15 is 0 Å². The SMILES string of the molecule is CC(C)C(=O)C(C)(O)NCC1CCCCC1. The quantitative estimate of drug-likeness (QED) is 0.707. The van der Waals surface area contributed by atoms with Crippen molar-refractivity contribution < 1.29 is 9.90 Å². The van der Waals surface area contributed by atoms with E-state index in [0.29, 0.717) is 5.92 Å². The first-order valence-electron chi connectivity index (χ1n) is 6.45. The molecule has 0 heterocycles. The smallest absolute Gasteiger partial charge is 0.181 e. The van der Waals surface area contributed by atoms with E-state index in [0.717, 1.165) is 6.54 Å². The fraction of sp³-hybridized carbons (Fsp3) is 0.923. The van der Waals surface area contributed by atoms with E-state index in [2.05, 4.69) is 5.32 Å². The summed E-state index contributed by atoms with van der Waals surface area (Å²) in [5.41, 5.74) is -1.36. The molecule has 0 aliphatic heterocycles. The number of aliphatic hydroxyl groups is 1. The van der Waals surface area contributed by atoms with E-state index in [-0.39, 0.29) is 11.7 Å². The number of carbonyl (C=O) groups excluding carboxylic acids is 1. The van der Waals surface area contributed by atoms with Gasteiger partial charge in [-0.3, -0.25) is 10.1 Å². The number of hydrogen-bond donors (Lipinski definition) is 2. The van der Waals surface area contributed by atoms with Crippen LogP contribution in [0.4, 0.5) is 0 Å². The van der Waals surface area contributed by atoms with Crippen LogP contribution in [0.15, 0.2) is 0 Å². The molecule has 2 N–H and O–H groups in total. The lowest BCUT2D eigenvalue weighted by molar-refractivity contribution is -0.142. The zero-order chi connectivity index (χ0) is 12.2. The summed E-state index contributed by atoms with van der Waals surface area (Å²) in [6.07, 6.45) is 6.34. The molecule has 16 heavy (non-hydrogen) atoms. The highest BCUT2D eigenvalue weighted by Gasteiger charge is 2.32. The molecular formula is C13H25NO2. The predicted octanol–water partition coefficient (Wildman–Crippen LogP) is 2.09. The molecule has 0 aromatic rings. The average Bonchev–Trinajstić information content (AvgIpc) is 2.27. The molecular weight excluding hydrogens is 202 g/mol. The van der Waals surface area contributed by atoms with Gasteiger partial charge in [-0.2, -0.15) is 0 Å². The van der Waals surface area contributed by atoms with Crippen LogP contribution >= 0.6 is 0 Å². The Labute approximate surface area is 98.6 Å². The van der Waals surface area contributed by atoms with Gasteiger partial charge in [0.2, 0.25) is 0 Å². The van der Waals surface area contributed by atoms with Gasteiger partial charge in [0.15, 0.2) is 11.5 Å². The Hall–Kier alpha value is -0.410. The Morgan fingerprint density at radius 1 is 1.38 bits per heavy atom. The zero-order valence-electron chi connectivity index (χ0n) is 10.8. The van der Waals surface area contributed by atoms with Gasteiger partial charge in [0.1, 0.15) is 0 Å². The maximum absolute atomic E-state index is 11.7. The molecule has 0 aromatic carbocycles. The first kappa shape index (κ1) is 13.7. The van der Waals surface area contributed by atoms with Gasteiger partial charge >= 0.3 is 0 Å². The molecule has 0 amide bonds. The van der Waals surface area contributed by atoms with E-state index in [1.165, 1.54) is 32.1 Å². The van der Waals surface area contributed by atoms with Crippen LogP contribution in [0.3, 0.4) is 0 Å². The van der Waals surface area contributed by atoms with Crippen molar-refractivity contribution in [3.05, 3.63) is 0 Å². The number of nitrogens with one attached hydrogen (secondary N) is 1.